The molecule has 0 bridgehead atoms. The number of hydrogen-bond acceptors (Lipinski definition) is 4. The predicted molar refractivity (Wildman–Crippen MR) is 120 cm³/mol. The van der Waals surface area contributed by atoms with Gasteiger partial charge in [-0.2, -0.15) is 5.10 Å². The van der Waals surface area contributed by atoms with Gasteiger partial charge in [0.25, 0.3) is 5.91 Å². The zero-order valence-corrected chi connectivity index (χ0v) is 18.3. The number of carbonyl (C=O) groups excluding carboxylic acids is 2. The number of benzene rings is 2. The second-order valence-electron chi connectivity index (χ2n) is 7.94. The van der Waals surface area contributed by atoms with E-state index in [-0.39, 0.29) is 12.3 Å². The third-order valence-corrected chi connectivity index (χ3v) is 4.93. The molecule has 0 fully saturated rings. The minimum absolute atomic E-state index is 0.108. The first-order valence-corrected chi connectivity index (χ1v) is 10.2. The summed E-state index contributed by atoms with van der Waals surface area (Å²) in [6.45, 7) is 9.05. The molecule has 0 aliphatic heterocycles. The number of nitrogens with zero attached hydrogens (tertiary/aromatic N) is 2. The molecule has 0 atom stereocenters. The summed E-state index contributed by atoms with van der Waals surface area (Å²) in [4.78, 5) is 24.1. The molecule has 0 aliphatic rings. The Kier molecular flexibility index (Phi) is 6.74. The molecule has 162 valence electrons. The molecule has 0 radical (unpaired) electrons. The zero-order valence-electron chi connectivity index (χ0n) is 18.3. The molecule has 7 heteroatoms. The van der Waals surface area contributed by atoms with E-state index >= 15 is 0 Å². The lowest BCUT2D eigenvalue weighted by Crippen LogP contribution is -2.15. The van der Waals surface area contributed by atoms with E-state index in [0.717, 1.165) is 23.5 Å². The number of nitrogens with two attached hydrogens (primary N) is 1. The van der Waals surface area contributed by atoms with Gasteiger partial charge in [-0.25, -0.2) is 0 Å². The minimum Gasteiger partial charge on any atom is -0.457 e. The molecule has 0 saturated heterocycles. The van der Waals surface area contributed by atoms with Crippen molar-refractivity contribution < 1.29 is 14.3 Å². The molecular formula is C24H28N4O3. The average Bonchev–Trinajstić information content (AvgIpc) is 2.96. The van der Waals surface area contributed by atoms with Gasteiger partial charge in [0, 0.05) is 23.5 Å². The summed E-state index contributed by atoms with van der Waals surface area (Å²) < 4.78 is 7.74. The first kappa shape index (κ1) is 22.1. The van der Waals surface area contributed by atoms with Gasteiger partial charge in [-0.1, -0.05) is 26.0 Å². The zero-order chi connectivity index (χ0) is 22.5. The second kappa shape index (κ2) is 9.47. The molecule has 0 unspecified atom stereocenters. The van der Waals surface area contributed by atoms with Gasteiger partial charge in [0.15, 0.2) is 0 Å². The van der Waals surface area contributed by atoms with Crippen LogP contribution in [0.1, 0.15) is 41.2 Å². The first-order valence-electron chi connectivity index (χ1n) is 10.2. The average molecular weight is 421 g/mol. The monoisotopic (exact) mass is 420 g/mol. The van der Waals surface area contributed by atoms with Crippen molar-refractivity contribution in [2.24, 2.45) is 11.7 Å². The molecule has 7 nitrogen and oxygen atoms in total. The van der Waals surface area contributed by atoms with Crippen LogP contribution in [-0.4, -0.2) is 21.6 Å². The Balaban J connectivity index is 1.65. The number of para-hydroxylation sites is 1. The van der Waals surface area contributed by atoms with Gasteiger partial charge in [-0.05, 0) is 56.2 Å². The van der Waals surface area contributed by atoms with Crippen LogP contribution in [0.25, 0.3) is 0 Å². The highest BCUT2D eigenvalue weighted by atomic mass is 16.5. The third-order valence-electron chi connectivity index (χ3n) is 4.93. The van der Waals surface area contributed by atoms with E-state index in [9.17, 15) is 9.59 Å². The van der Waals surface area contributed by atoms with Crippen LogP contribution in [0.5, 0.6) is 11.5 Å². The molecular weight excluding hydrogens is 392 g/mol. The minimum atomic E-state index is -0.554. The molecule has 3 rings (SSSR count). The number of hydrogen-bond donors (Lipinski definition) is 2. The largest absolute Gasteiger partial charge is 0.457 e. The summed E-state index contributed by atoms with van der Waals surface area (Å²) in [5, 5.41) is 7.48. The van der Waals surface area contributed by atoms with Crippen LogP contribution in [0.2, 0.25) is 0 Å². The van der Waals surface area contributed by atoms with Crippen molar-refractivity contribution in [3.8, 4) is 11.5 Å². The van der Waals surface area contributed by atoms with Crippen LogP contribution in [0.15, 0.2) is 48.5 Å². The molecule has 3 N–H and O–H groups in total. The lowest BCUT2D eigenvalue weighted by Gasteiger charge is -2.10. The Hall–Kier alpha value is -3.61. The van der Waals surface area contributed by atoms with Crippen molar-refractivity contribution in [3.63, 3.8) is 0 Å². The van der Waals surface area contributed by atoms with Crippen molar-refractivity contribution in [1.29, 1.82) is 0 Å². The lowest BCUT2D eigenvalue weighted by atomic mass is 10.1. The van der Waals surface area contributed by atoms with Gasteiger partial charge in [0.05, 0.1) is 17.7 Å². The number of rotatable bonds is 8. The highest BCUT2D eigenvalue weighted by molar-refractivity contribution is 5.95. The summed E-state index contributed by atoms with van der Waals surface area (Å²) in [7, 11) is 0. The quantitative estimate of drug-likeness (QED) is 0.570. The van der Waals surface area contributed by atoms with E-state index in [0.29, 0.717) is 28.7 Å². The molecule has 0 aliphatic carbocycles. The summed E-state index contributed by atoms with van der Waals surface area (Å²) in [6.07, 6.45) is 0.264. The second-order valence-corrected chi connectivity index (χ2v) is 7.94. The van der Waals surface area contributed by atoms with E-state index in [2.05, 4.69) is 24.3 Å². The Morgan fingerprint density at radius 1 is 1.10 bits per heavy atom. The number of primary amides is 1. The van der Waals surface area contributed by atoms with Crippen LogP contribution in [0, 0.1) is 19.8 Å². The Labute approximate surface area is 182 Å². The maximum Gasteiger partial charge on any atom is 0.252 e. The van der Waals surface area contributed by atoms with Crippen LogP contribution in [0.4, 0.5) is 5.69 Å². The van der Waals surface area contributed by atoms with Gasteiger partial charge in [-0.15, -0.1) is 0 Å². The number of ether oxygens (including phenoxy) is 1. The van der Waals surface area contributed by atoms with E-state index in [4.69, 9.17) is 10.5 Å². The molecule has 3 aromatic rings. The van der Waals surface area contributed by atoms with E-state index < -0.39 is 5.91 Å². The highest BCUT2D eigenvalue weighted by Gasteiger charge is 2.16. The van der Waals surface area contributed by atoms with Gasteiger partial charge >= 0.3 is 0 Å². The molecule has 2 aromatic carbocycles. The molecule has 0 saturated carbocycles. The number of nitrogens with one attached hydrogen (secondary N) is 1. The number of aromatic nitrogens is 2. The Morgan fingerprint density at radius 3 is 2.42 bits per heavy atom. The van der Waals surface area contributed by atoms with Crippen molar-refractivity contribution >= 4 is 17.5 Å². The van der Waals surface area contributed by atoms with Gasteiger partial charge in [0.2, 0.25) is 5.91 Å². The Bertz CT molecular complexity index is 1080. The first-order chi connectivity index (χ1) is 14.7. The van der Waals surface area contributed by atoms with Crippen LogP contribution in [-0.2, 0) is 17.8 Å². The molecule has 31 heavy (non-hydrogen) atoms. The van der Waals surface area contributed by atoms with E-state index in [1.165, 1.54) is 0 Å². The topological polar surface area (TPSA) is 99.2 Å². The van der Waals surface area contributed by atoms with Crippen molar-refractivity contribution in [2.45, 2.75) is 40.7 Å². The highest BCUT2D eigenvalue weighted by Crippen LogP contribution is 2.26. The van der Waals surface area contributed by atoms with Crippen molar-refractivity contribution in [3.05, 3.63) is 71.0 Å². The fraction of sp³-hybridized carbons (Fsp3) is 0.292. The number of carbonyl (C=O) groups is 2. The lowest BCUT2D eigenvalue weighted by molar-refractivity contribution is -0.115. The molecule has 0 spiro atoms. The molecule has 2 amide bonds. The smallest absolute Gasteiger partial charge is 0.252 e. The summed E-state index contributed by atoms with van der Waals surface area (Å²) in [6, 6.07) is 13.7. The Morgan fingerprint density at radius 2 is 1.77 bits per heavy atom. The van der Waals surface area contributed by atoms with E-state index in [1.807, 2.05) is 18.5 Å². The number of amides is 2. The maximum atomic E-state index is 12.6. The van der Waals surface area contributed by atoms with Gasteiger partial charge in [-0.3, -0.25) is 14.3 Å². The molecule has 1 aromatic heterocycles. The fourth-order valence-electron chi connectivity index (χ4n) is 3.37. The maximum absolute atomic E-state index is 12.6. The summed E-state index contributed by atoms with van der Waals surface area (Å²) >= 11 is 0. The predicted octanol–water partition coefficient (Wildman–Crippen LogP) is 4.23. The van der Waals surface area contributed by atoms with E-state index in [1.54, 1.807) is 48.5 Å². The normalized spacial score (nSPS) is 10.9. The third kappa shape index (κ3) is 5.51. The number of anilines is 1. The standard InChI is InChI=1S/C24H28N4O3/c1-15(2)14-28-17(4)21(16(3)27-28)13-23(29)26-18-9-11-19(12-10-18)31-22-8-6-5-7-20(22)24(25)30/h5-12,15H,13-14H2,1-4H3,(H2,25,30)(H,26,29). The summed E-state index contributed by atoms with van der Waals surface area (Å²) in [5.41, 5.74) is 9.22. The fourth-order valence-corrected chi connectivity index (χ4v) is 3.37. The SMILES string of the molecule is Cc1nn(CC(C)C)c(C)c1CC(=O)Nc1ccc(Oc2ccccc2C(N)=O)cc1. The van der Waals surface area contributed by atoms with Gasteiger partial charge in [0.1, 0.15) is 11.5 Å². The van der Waals surface area contributed by atoms with Gasteiger partial charge < -0.3 is 15.8 Å². The van der Waals surface area contributed by atoms with Crippen molar-refractivity contribution in [1.82, 2.24) is 9.78 Å². The summed E-state index contributed by atoms with van der Waals surface area (Å²) in [5.74, 6) is 0.740. The van der Waals surface area contributed by atoms with Crippen LogP contribution < -0.4 is 15.8 Å². The number of aryl methyl sites for hydroxylation is 1. The van der Waals surface area contributed by atoms with Crippen molar-refractivity contribution in [2.75, 3.05) is 5.32 Å². The van der Waals surface area contributed by atoms with Crippen LogP contribution in [0.3, 0.4) is 0 Å². The molecule has 1 heterocycles. The van der Waals surface area contributed by atoms with Crippen LogP contribution >= 0.6 is 0 Å².